The molecule has 0 saturated heterocycles. The van der Waals surface area contributed by atoms with Gasteiger partial charge in [0.25, 0.3) is 0 Å². The quantitative estimate of drug-likeness (QED) is 0.454. The van der Waals surface area contributed by atoms with Crippen molar-refractivity contribution in [2.45, 2.75) is 32.6 Å². The highest BCUT2D eigenvalue weighted by Gasteiger charge is 2.24. The highest BCUT2D eigenvalue weighted by molar-refractivity contribution is 5.89. The third-order valence-corrected chi connectivity index (χ3v) is 5.19. The Balaban J connectivity index is 0.000000343. The summed E-state index contributed by atoms with van der Waals surface area (Å²) in [6.45, 7) is 8.18. The number of fused-ring (bicyclic) bond motifs is 2. The summed E-state index contributed by atoms with van der Waals surface area (Å²) in [5.74, 6) is -1.42. The molecule has 166 valence electrons. The van der Waals surface area contributed by atoms with Crippen molar-refractivity contribution < 1.29 is 29.3 Å². The van der Waals surface area contributed by atoms with E-state index < -0.39 is 11.9 Å². The maximum atomic E-state index is 9.55. The molecule has 2 aliphatic rings. The maximum absolute atomic E-state index is 9.55. The SMILES string of the molecule is COCCCCN1CCOc2cc3c(c(C)c21)CCNCC3.O=C(O)/C=C/C(=O)O. The smallest absolute Gasteiger partial charge is 0.328 e. The third-order valence-electron chi connectivity index (χ3n) is 5.19. The number of carbonyl (C=O) groups is 2. The van der Waals surface area contributed by atoms with E-state index in [9.17, 15) is 9.59 Å². The lowest BCUT2D eigenvalue weighted by Gasteiger charge is -2.34. The number of ether oxygens (including phenoxy) is 2. The summed E-state index contributed by atoms with van der Waals surface area (Å²) in [4.78, 5) is 21.6. The van der Waals surface area contributed by atoms with Gasteiger partial charge in [-0.15, -0.1) is 0 Å². The topological polar surface area (TPSA) is 108 Å². The van der Waals surface area contributed by atoms with Crippen molar-refractivity contribution in [3.63, 3.8) is 0 Å². The molecule has 3 N–H and O–H groups in total. The largest absolute Gasteiger partial charge is 0.490 e. The second-order valence-corrected chi connectivity index (χ2v) is 7.28. The van der Waals surface area contributed by atoms with Crippen molar-refractivity contribution in [2.24, 2.45) is 0 Å². The minimum atomic E-state index is -1.26. The molecule has 8 nitrogen and oxygen atoms in total. The zero-order valence-corrected chi connectivity index (χ0v) is 17.8. The van der Waals surface area contributed by atoms with Gasteiger partial charge in [-0.1, -0.05) is 0 Å². The lowest BCUT2D eigenvalue weighted by atomic mass is 9.94. The van der Waals surface area contributed by atoms with Crippen LogP contribution in [0.1, 0.15) is 29.5 Å². The minimum Gasteiger partial charge on any atom is -0.490 e. The highest BCUT2D eigenvalue weighted by atomic mass is 16.5. The Bertz CT molecular complexity index is 746. The van der Waals surface area contributed by atoms with Gasteiger partial charge in [-0.05, 0) is 68.5 Å². The fraction of sp³-hybridized carbons (Fsp3) is 0.545. The molecule has 3 rings (SSSR count). The molecule has 0 amide bonds. The molecule has 0 aliphatic carbocycles. The summed E-state index contributed by atoms with van der Waals surface area (Å²) in [6, 6.07) is 2.30. The lowest BCUT2D eigenvalue weighted by molar-refractivity contribution is -0.134. The Hall–Kier alpha value is -2.58. The van der Waals surface area contributed by atoms with E-state index in [-0.39, 0.29) is 0 Å². The molecule has 0 bridgehead atoms. The van der Waals surface area contributed by atoms with Crippen molar-refractivity contribution in [3.8, 4) is 5.75 Å². The van der Waals surface area contributed by atoms with Crippen molar-refractivity contribution in [2.75, 3.05) is 51.4 Å². The first-order valence-electron chi connectivity index (χ1n) is 10.3. The van der Waals surface area contributed by atoms with Crippen molar-refractivity contribution in [3.05, 3.63) is 34.9 Å². The summed E-state index contributed by atoms with van der Waals surface area (Å²) in [6.07, 6.45) is 5.65. The molecule has 0 fully saturated rings. The van der Waals surface area contributed by atoms with Crippen LogP contribution in [0.4, 0.5) is 5.69 Å². The number of methoxy groups -OCH3 is 1. The molecular weight excluding hydrogens is 388 g/mol. The summed E-state index contributed by atoms with van der Waals surface area (Å²) >= 11 is 0. The van der Waals surface area contributed by atoms with E-state index in [0.717, 1.165) is 64.4 Å². The Morgan fingerprint density at radius 2 is 1.90 bits per heavy atom. The molecule has 30 heavy (non-hydrogen) atoms. The Kier molecular flexibility index (Phi) is 9.63. The fourth-order valence-electron chi connectivity index (χ4n) is 3.81. The monoisotopic (exact) mass is 420 g/mol. The number of nitrogens with one attached hydrogen (secondary N) is 1. The number of benzene rings is 1. The average Bonchev–Trinajstić information content (AvgIpc) is 2.96. The number of carboxylic acid groups (broad SMARTS) is 2. The summed E-state index contributed by atoms with van der Waals surface area (Å²) in [5.41, 5.74) is 5.78. The minimum absolute atomic E-state index is 0.558. The van der Waals surface area contributed by atoms with Crippen LogP contribution in [0, 0.1) is 6.92 Å². The van der Waals surface area contributed by atoms with Crippen LogP contribution in [0.15, 0.2) is 18.2 Å². The number of hydrogen-bond acceptors (Lipinski definition) is 6. The van der Waals surface area contributed by atoms with E-state index in [4.69, 9.17) is 19.7 Å². The molecule has 0 aromatic heterocycles. The molecule has 1 aromatic rings. The van der Waals surface area contributed by atoms with Gasteiger partial charge in [0.05, 0.1) is 12.2 Å². The standard InChI is InChI=1S/C18H28N2O2.C4H4O4/c1-14-16-6-8-19-7-5-15(16)13-17-18(14)20(10-12-22-17)9-3-4-11-21-2;5-3(6)1-2-4(7)8/h13,19H,3-12H2,1-2H3;1-2H,(H,5,6)(H,7,8)/b;2-1+. The van der Waals surface area contributed by atoms with Gasteiger partial charge in [-0.3, -0.25) is 0 Å². The molecule has 0 unspecified atom stereocenters. The van der Waals surface area contributed by atoms with Crippen LogP contribution in [-0.4, -0.2) is 68.7 Å². The third kappa shape index (κ3) is 7.03. The van der Waals surface area contributed by atoms with Crippen molar-refractivity contribution >= 4 is 17.6 Å². The number of hydrogen-bond donors (Lipinski definition) is 3. The van der Waals surface area contributed by atoms with E-state index in [1.807, 2.05) is 0 Å². The summed E-state index contributed by atoms with van der Waals surface area (Å²) < 4.78 is 11.1. The van der Waals surface area contributed by atoms with E-state index in [2.05, 4.69) is 23.2 Å². The maximum Gasteiger partial charge on any atom is 0.328 e. The van der Waals surface area contributed by atoms with E-state index in [1.165, 1.54) is 28.8 Å². The van der Waals surface area contributed by atoms with Gasteiger partial charge in [0.2, 0.25) is 0 Å². The van der Waals surface area contributed by atoms with Gasteiger partial charge >= 0.3 is 11.9 Å². The van der Waals surface area contributed by atoms with Crippen LogP contribution >= 0.6 is 0 Å². The van der Waals surface area contributed by atoms with Crippen LogP contribution in [0.3, 0.4) is 0 Å². The predicted octanol–water partition coefficient (Wildman–Crippen LogP) is 2.02. The van der Waals surface area contributed by atoms with Gasteiger partial charge in [0.15, 0.2) is 0 Å². The Morgan fingerprint density at radius 3 is 2.57 bits per heavy atom. The van der Waals surface area contributed by atoms with Gasteiger partial charge < -0.3 is 29.9 Å². The van der Waals surface area contributed by atoms with E-state index >= 15 is 0 Å². The van der Waals surface area contributed by atoms with Crippen molar-refractivity contribution in [1.29, 1.82) is 0 Å². The fourth-order valence-corrected chi connectivity index (χ4v) is 3.81. The molecule has 8 heteroatoms. The summed E-state index contributed by atoms with van der Waals surface area (Å²) in [7, 11) is 1.78. The average molecular weight is 421 g/mol. The zero-order chi connectivity index (χ0) is 21.9. The Morgan fingerprint density at radius 1 is 1.20 bits per heavy atom. The molecule has 0 saturated carbocycles. The van der Waals surface area contributed by atoms with E-state index in [1.54, 1.807) is 7.11 Å². The number of aliphatic carboxylic acids is 2. The first-order valence-corrected chi connectivity index (χ1v) is 10.3. The summed E-state index contributed by atoms with van der Waals surface area (Å²) in [5, 5.41) is 19.1. The Labute approximate surface area is 177 Å². The normalized spacial score (nSPS) is 15.3. The second-order valence-electron chi connectivity index (χ2n) is 7.28. The number of anilines is 1. The van der Waals surface area contributed by atoms with Crippen LogP contribution in [0.5, 0.6) is 5.75 Å². The van der Waals surface area contributed by atoms with Gasteiger partial charge in [-0.25, -0.2) is 9.59 Å². The zero-order valence-electron chi connectivity index (χ0n) is 17.8. The van der Waals surface area contributed by atoms with E-state index in [0.29, 0.717) is 12.2 Å². The molecule has 0 atom stereocenters. The number of rotatable bonds is 7. The lowest BCUT2D eigenvalue weighted by Crippen LogP contribution is -2.34. The molecular formula is C22H32N2O6. The number of nitrogens with zero attached hydrogens (tertiary/aromatic N) is 1. The van der Waals surface area contributed by atoms with Gasteiger partial charge in [-0.2, -0.15) is 0 Å². The molecule has 2 heterocycles. The number of carboxylic acids is 2. The first kappa shape index (κ1) is 23.7. The van der Waals surface area contributed by atoms with Crippen molar-refractivity contribution in [1.82, 2.24) is 5.32 Å². The first-order chi connectivity index (χ1) is 14.4. The molecule has 1 aromatic carbocycles. The predicted molar refractivity (Wildman–Crippen MR) is 115 cm³/mol. The van der Waals surface area contributed by atoms with Crippen LogP contribution in [-0.2, 0) is 27.2 Å². The van der Waals surface area contributed by atoms with Gasteiger partial charge in [0, 0.05) is 32.4 Å². The molecule has 2 aliphatic heterocycles. The van der Waals surface area contributed by atoms with Crippen LogP contribution in [0.2, 0.25) is 0 Å². The second kappa shape index (κ2) is 12.2. The van der Waals surface area contributed by atoms with Crippen LogP contribution in [0.25, 0.3) is 0 Å². The number of unbranched alkanes of at least 4 members (excludes halogenated alkanes) is 1. The van der Waals surface area contributed by atoms with Crippen LogP contribution < -0.4 is 15.0 Å². The molecule has 0 spiro atoms. The van der Waals surface area contributed by atoms with Gasteiger partial charge in [0.1, 0.15) is 12.4 Å². The highest BCUT2D eigenvalue weighted by Crippen LogP contribution is 2.39. The molecule has 0 radical (unpaired) electrons.